The van der Waals surface area contributed by atoms with E-state index in [0.29, 0.717) is 23.0 Å². The van der Waals surface area contributed by atoms with Gasteiger partial charge in [-0.1, -0.05) is 18.2 Å². The number of hydrogen-bond donors (Lipinski definition) is 2. The van der Waals surface area contributed by atoms with Crippen LogP contribution < -0.4 is 5.32 Å². The molecule has 0 spiro atoms. The van der Waals surface area contributed by atoms with E-state index < -0.39 is 10.8 Å². The van der Waals surface area contributed by atoms with E-state index in [1.54, 1.807) is 31.2 Å². The fourth-order valence-corrected chi connectivity index (χ4v) is 2.85. The van der Waals surface area contributed by atoms with E-state index in [2.05, 4.69) is 20.5 Å². The maximum absolute atomic E-state index is 12.6. The van der Waals surface area contributed by atoms with Crippen LogP contribution in [0.3, 0.4) is 0 Å². The van der Waals surface area contributed by atoms with Crippen molar-refractivity contribution in [3.05, 3.63) is 69.5 Å². The fraction of sp³-hybridized carbons (Fsp3) is 0.211. The topological polar surface area (TPSA) is 114 Å². The Hall–Kier alpha value is -3.55. The molecule has 2 N–H and O–H groups in total. The van der Waals surface area contributed by atoms with E-state index in [4.69, 9.17) is 0 Å². The van der Waals surface area contributed by atoms with Gasteiger partial charge in [-0.15, -0.1) is 0 Å². The Labute approximate surface area is 154 Å². The van der Waals surface area contributed by atoms with Crippen LogP contribution in [0.1, 0.15) is 40.5 Å². The number of rotatable bonds is 5. The number of nitrogens with one attached hydrogen (secondary N) is 2. The molecule has 27 heavy (non-hydrogen) atoms. The molecule has 1 aliphatic carbocycles. The van der Waals surface area contributed by atoms with Crippen molar-refractivity contribution < 1.29 is 9.72 Å². The molecule has 4 rings (SSSR count). The van der Waals surface area contributed by atoms with Crippen LogP contribution in [-0.4, -0.2) is 26.0 Å². The van der Waals surface area contributed by atoms with E-state index in [1.165, 1.54) is 12.1 Å². The van der Waals surface area contributed by atoms with Crippen LogP contribution in [0.25, 0.3) is 11.4 Å². The number of H-pyrrole nitrogens is 1. The summed E-state index contributed by atoms with van der Waals surface area (Å²) in [5.74, 6) is 1.55. The highest BCUT2D eigenvalue weighted by Crippen LogP contribution is 2.38. The zero-order valence-corrected chi connectivity index (χ0v) is 14.6. The van der Waals surface area contributed by atoms with E-state index in [9.17, 15) is 14.9 Å². The van der Waals surface area contributed by atoms with Gasteiger partial charge in [0.15, 0.2) is 5.82 Å². The molecule has 0 radical (unpaired) electrons. The van der Waals surface area contributed by atoms with Gasteiger partial charge in [0.25, 0.3) is 11.6 Å². The minimum Gasteiger partial charge on any atom is -0.322 e. The molecule has 8 heteroatoms. The van der Waals surface area contributed by atoms with Gasteiger partial charge in [0.1, 0.15) is 5.82 Å². The predicted molar refractivity (Wildman–Crippen MR) is 99.6 cm³/mol. The molecule has 1 aliphatic rings. The molecule has 0 bridgehead atoms. The Morgan fingerprint density at radius 2 is 2.07 bits per heavy atom. The third kappa shape index (κ3) is 3.55. The predicted octanol–water partition coefficient (Wildman–Crippen LogP) is 3.82. The van der Waals surface area contributed by atoms with Crippen LogP contribution in [0.5, 0.6) is 0 Å². The Morgan fingerprint density at radius 1 is 1.26 bits per heavy atom. The zero-order chi connectivity index (χ0) is 19.0. The lowest BCUT2D eigenvalue weighted by Gasteiger charge is -2.08. The minimum atomic E-state index is -0.516. The van der Waals surface area contributed by atoms with Crippen molar-refractivity contribution in [2.24, 2.45) is 0 Å². The Bertz CT molecular complexity index is 1040. The lowest BCUT2D eigenvalue weighted by Crippen LogP contribution is -2.13. The maximum atomic E-state index is 12.6. The second kappa shape index (κ2) is 6.64. The van der Waals surface area contributed by atoms with Crippen molar-refractivity contribution >= 4 is 17.3 Å². The first-order chi connectivity index (χ1) is 13.0. The van der Waals surface area contributed by atoms with Gasteiger partial charge >= 0.3 is 0 Å². The number of amides is 1. The first kappa shape index (κ1) is 16.9. The quantitative estimate of drug-likeness (QED) is 0.528. The van der Waals surface area contributed by atoms with Crippen molar-refractivity contribution in [2.45, 2.75) is 25.7 Å². The van der Waals surface area contributed by atoms with Gasteiger partial charge in [0.05, 0.1) is 4.92 Å². The van der Waals surface area contributed by atoms with E-state index >= 15 is 0 Å². The number of carbonyl (C=O) groups is 1. The lowest BCUT2D eigenvalue weighted by atomic mass is 10.1. The van der Waals surface area contributed by atoms with Gasteiger partial charge in [0, 0.05) is 34.9 Å². The summed E-state index contributed by atoms with van der Waals surface area (Å²) in [4.78, 5) is 27.5. The summed E-state index contributed by atoms with van der Waals surface area (Å²) in [5.41, 5.74) is 2.17. The summed E-state index contributed by atoms with van der Waals surface area (Å²) in [6.45, 7) is 1.74. The molecule has 2 aromatic carbocycles. The van der Waals surface area contributed by atoms with Crippen LogP contribution in [0.15, 0.2) is 42.5 Å². The summed E-state index contributed by atoms with van der Waals surface area (Å²) < 4.78 is 0. The monoisotopic (exact) mass is 363 g/mol. The number of anilines is 1. The molecule has 8 nitrogen and oxygen atoms in total. The smallest absolute Gasteiger partial charge is 0.270 e. The Kier molecular flexibility index (Phi) is 4.15. The zero-order valence-electron chi connectivity index (χ0n) is 14.6. The SMILES string of the molecule is Cc1ccc([N+](=O)[O-])cc1C(=O)Nc1cccc(-c2n[nH]c(C3CC3)n2)c1. The van der Waals surface area contributed by atoms with Crippen LogP contribution in [0.4, 0.5) is 11.4 Å². The molecule has 1 aromatic heterocycles. The Balaban J connectivity index is 1.56. The number of nitrogens with zero attached hydrogens (tertiary/aromatic N) is 3. The van der Waals surface area contributed by atoms with E-state index in [-0.39, 0.29) is 11.3 Å². The summed E-state index contributed by atoms with van der Waals surface area (Å²) in [6, 6.07) is 11.4. The minimum absolute atomic E-state index is 0.118. The number of benzene rings is 2. The third-order valence-corrected chi connectivity index (χ3v) is 4.52. The number of aromatic nitrogens is 3. The van der Waals surface area contributed by atoms with Crippen LogP contribution in [0, 0.1) is 17.0 Å². The molecule has 1 heterocycles. The van der Waals surface area contributed by atoms with Gasteiger partial charge in [0.2, 0.25) is 0 Å². The average molecular weight is 363 g/mol. The van der Waals surface area contributed by atoms with Crippen molar-refractivity contribution in [2.75, 3.05) is 5.32 Å². The lowest BCUT2D eigenvalue weighted by molar-refractivity contribution is -0.384. The number of nitro groups is 1. The summed E-state index contributed by atoms with van der Waals surface area (Å²) in [7, 11) is 0. The number of non-ortho nitro benzene ring substituents is 1. The molecule has 0 aliphatic heterocycles. The molecule has 136 valence electrons. The highest BCUT2D eigenvalue weighted by molar-refractivity contribution is 6.05. The fourth-order valence-electron chi connectivity index (χ4n) is 2.85. The van der Waals surface area contributed by atoms with Crippen LogP contribution >= 0.6 is 0 Å². The first-order valence-electron chi connectivity index (χ1n) is 8.60. The van der Waals surface area contributed by atoms with Crippen LogP contribution in [0.2, 0.25) is 0 Å². The largest absolute Gasteiger partial charge is 0.322 e. The highest BCUT2D eigenvalue weighted by atomic mass is 16.6. The molecule has 1 amide bonds. The second-order valence-electron chi connectivity index (χ2n) is 6.61. The maximum Gasteiger partial charge on any atom is 0.270 e. The van der Waals surface area contributed by atoms with Crippen molar-refractivity contribution in [3.8, 4) is 11.4 Å². The van der Waals surface area contributed by atoms with Crippen molar-refractivity contribution in [1.29, 1.82) is 0 Å². The molecule has 1 saturated carbocycles. The highest BCUT2D eigenvalue weighted by Gasteiger charge is 2.27. The number of hydrogen-bond acceptors (Lipinski definition) is 5. The van der Waals surface area contributed by atoms with Crippen molar-refractivity contribution in [1.82, 2.24) is 15.2 Å². The molecule has 0 unspecified atom stereocenters. The molecular weight excluding hydrogens is 346 g/mol. The van der Waals surface area contributed by atoms with Gasteiger partial charge in [-0.3, -0.25) is 20.0 Å². The van der Waals surface area contributed by atoms with Crippen molar-refractivity contribution in [3.63, 3.8) is 0 Å². The number of nitro benzene ring substituents is 1. The number of aryl methyl sites for hydroxylation is 1. The number of aromatic amines is 1. The van der Waals surface area contributed by atoms with E-state index in [0.717, 1.165) is 24.2 Å². The first-order valence-corrected chi connectivity index (χ1v) is 8.60. The average Bonchev–Trinajstić information content (AvgIpc) is 3.39. The van der Waals surface area contributed by atoms with E-state index in [1.807, 2.05) is 6.07 Å². The molecule has 0 atom stereocenters. The normalized spacial score (nSPS) is 13.4. The second-order valence-corrected chi connectivity index (χ2v) is 6.61. The molecule has 3 aromatic rings. The molecular formula is C19H17N5O3. The van der Waals surface area contributed by atoms with Crippen LogP contribution in [-0.2, 0) is 0 Å². The third-order valence-electron chi connectivity index (χ3n) is 4.52. The van der Waals surface area contributed by atoms with Gasteiger partial charge < -0.3 is 5.32 Å². The number of carbonyl (C=O) groups excluding carboxylic acids is 1. The Morgan fingerprint density at radius 3 is 2.81 bits per heavy atom. The standard InChI is InChI=1S/C19H17N5O3/c1-11-5-8-15(24(26)27)10-16(11)19(25)20-14-4-2-3-13(9-14)18-21-17(22-23-18)12-6-7-12/h2-5,8-10,12H,6-7H2,1H3,(H,20,25)(H,21,22,23). The van der Waals surface area contributed by atoms with Gasteiger partial charge in [-0.05, 0) is 37.5 Å². The van der Waals surface area contributed by atoms with Gasteiger partial charge in [-0.2, -0.15) is 5.10 Å². The summed E-state index contributed by atoms with van der Waals surface area (Å²) >= 11 is 0. The molecule has 0 saturated heterocycles. The van der Waals surface area contributed by atoms with Gasteiger partial charge in [-0.25, -0.2) is 4.98 Å². The summed E-state index contributed by atoms with van der Waals surface area (Å²) in [5, 5.41) is 21.0. The summed E-state index contributed by atoms with van der Waals surface area (Å²) in [6.07, 6.45) is 2.26. The molecule has 1 fully saturated rings.